The van der Waals surface area contributed by atoms with Gasteiger partial charge in [0.15, 0.2) is 0 Å². The Balaban J connectivity index is 1.91. The predicted octanol–water partition coefficient (Wildman–Crippen LogP) is 4.42. The molecule has 0 fully saturated rings. The van der Waals surface area contributed by atoms with Crippen LogP contribution in [0.3, 0.4) is 0 Å². The van der Waals surface area contributed by atoms with Gasteiger partial charge in [0.05, 0.1) is 11.8 Å². The monoisotopic (exact) mass is 286 g/mol. The Morgan fingerprint density at radius 2 is 1.32 bits per heavy atom. The van der Waals surface area contributed by atoms with Crippen LogP contribution in [-0.4, -0.2) is 5.71 Å². The smallest absolute Gasteiger partial charge is 0.0725 e. The van der Waals surface area contributed by atoms with Crippen molar-refractivity contribution in [1.29, 1.82) is 5.41 Å². The van der Waals surface area contributed by atoms with Gasteiger partial charge in [-0.25, -0.2) is 0 Å². The maximum Gasteiger partial charge on any atom is 0.0725 e. The van der Waals surface area contributed by atoms with Crippen molar-refractivity contribution in [3.8, 4) is 11.1 Å². The highest BCUT2D eigenvalue weighted by atomic mass is 14.7. The van der Waals surface area contributed by atoms with Gasteiger partial charge in [0.25, 0.3) is 0 Å². The van der Waals surface area contributed by atoms with E-state index < -0.39 is 6.04 Å². The molecule has 0 aromatic heterocycles. The van der Waals surface area contributed by atoms with Crippen LogP contribution in [0.4, 0.5) is 0 Å². The lowest BCUT2D eigenvalue weighted by molar-refractivity contribution is 0.952. The molecule has 1 unspecified atom stereocenters. The van der Waals surface area contributed by atoms with E-state index in [-0.39, 0.29) is 0 Å². The van der Waals surface area contributed by atoms with Crippen molar-refractivity contribution in [3.63, 3.8) is 0 Å². The van der Waals surface area contributed by atoms with Gasteiger partial charge in [-0.3, -0.25) is 0 Å². The Morgan fingerprint density at radius 1 is 0.727 bits per heavy atom. The summed E-state index contributed by atoms with van der Waals surface area (Å²) in [6.45, 7) is 0. The fourth-order valence-electron chi connectivity index (χ4n) is 2.51. The van der Waals surface area contributed by atoms with Crippen LogP contribution < -0.4 is 5.73 Å². The Morgan fingerprint density at radius 3 is 2.00 bits per heavy atom. The molecule has 2 heteroatoms. The second-order valence-electron chi connectivity index (χ2n) is 5.25. The third-order valence-corrected chi connectivity index (χ3v) is 3.75. The maximum absolute atomic E-state index is 8.32. The third-order valence-electron chi connectivity index (χ3n) is 3.75. The first-order valence-corrected chi connectivity index (χ1v) is 7.30. The van der Waals surface area contributed by atoms with Gasteiger partial charge in [0, 0.05) is 0 Å². The summed E-state index contributed by atoms with van der Waals surface area (Å²) in [5, 5.41) is 8.32. The summed E-state index contributed by atoms with van der Waals surface area (Å²) in [6, 6.07) is 27.5. The summed E-state index contributed by atoms with van der Waals surface area (Å²) in [5.74, 6) is 0. The molecular weight excluding hydrogens is 268 g/mol. The Labute approximate surface area is 130 Å². The van der Waals surface area contributed by atoms with Crippen molar-refractivity contribution in [1.82, 2.24) is 0 Å². The second kappa shape index (κ2) is 6.37. The number of benzene rings is 3. The minimum absolute atomic E-state index is 0.425. The van der Waals surface area contributed by atoms with Gasteiger partial charge in [0.1, 0.15) is 0 Å². The largest absolute Gasteiger partial charge is 0.319 e. The molecule has 0 bridgehead atoms. The third kappa shape index (κ3) is 2.97. The minimum Gasteiger partial charge on any atom is -0.319 e. The molecule has 0 heterocycles. The topological polar surface area (TPSA) is 49.9 Å². The molecule has 3 N–H and O–H groups in total. The van der Waals surface area contributed by atoms with Crippen LogP contribution in [0.1, 0.15) is 17.2 Å². The van der Waals surface area contributed by atoms with Gasteiger partial charge in [0.2, 0.25) is 0 Å². The lowest BCUT2D eigenvalue weighted by Gasteiger charge is -2.15. The number of hydrogen-bond donors (Lipinski definition) is 2. The van der Waals surface area contributed by atoms with Gasteiger partial charge < -0.3 is 11.1 Å². The van der Waals surface area contributed by atoms with Gasteiger partial charge in [-0.05, 0) is 28.3 Å². The molecule has 0 aliphatic rings. The predicted molar refractivity (Wildman–Crippen MR) is 92.1 cm³/mol. The van der Waals surface area contributed by atoms with Crippen LogP contribution in [-0.2, 0) is 0 Å². The first-order valence-electron chi connectivity index (χ1n) is 7.30. The van der Waals surface area contributed by atoms with E-state index in [1.165, 1.54) is 0 Å². The molecule has 3 rings (SSSR count). The van der Waals surface area contributed by atoms with Crippen LogP contribution in [0.5, 0.6) is 0 Å². The van der Waals surface area contributed by atoms with Crippen molar-refractivity contribution in [2.75, 3.05) is 0 Å². The highest BCUT2D eigenvalue weighted by Crippen LogP contribution is 2.24. The van der Waals surface area contributed by atoms with Gasteiger partial charge in [-0.15, -0.1) is 0 Å². The van der Waals surface area contributed by atoms with Crippen molar-refractivity contribution in [2.45, 2.75) is 6.04 Å². The lowest BCUT2D eigenvalue weighted by atomic mass is 9.94. The molecule has 0 spiro atoms. The molecule has 3 aromatic rings. The quantitative estimate of drug-likeness (QED) is 0.685. The second-order valence-corrected chi connectivity index (χ2v) is 5.25. The summed E-state index contributed by atoms with van der Waals surface area (Å²) >= 11 is 0. The summed E-state index contributed by atoms with van der Waals surface area (Å²) in [4.78, 5) is 0. The average molecular weight is 286 g/mol. The van der Waals surface area contributed by atoms with Crippen LogP contribution >= 0.6 is 0 Å². The van der Waals surface area contributed by atoms with Crippen molar-refractivity contribution < 1.29 is 0 Å². The fraction of sp³-hybridized carbons (Fsp3) is 0.0500. The van der Waals surface area contributed by atoms with E-state index >= 15 is 0 Å². The summed E-state index contributed by atoms with van der Waals surface area (Å²) in [5.41, 5.74) is 10.8. The molecule has 108 valence electrons. The van der Waals surface area contributed by atoms with E-state index in [1.54, 1.807) is 0 Å². The normalized spacial score (nSPS) is 11.9. The first kappa shape index (κ1) is 14.2. The van der Waals surface area contributed by atoms with E-state index in [4.69, 9.17) is 11.1 Å². The van der Waals surface area contributed by atoms with Crippen molar-refractivity contribution >= 4 is 5.71 Å². The first-order chi connectivity index (χ1) is 10.8. The molecule has 0 radical (unpaired) electrons. The molecule has 2 nitrogen and oxygen atoms in total. The lowest BCUT2D eigenvalue weighted by Crippen LogP contribution is -2.21. The van der Waals surface area contributed by atoms with Crippen LogP contribution in [0, 0.1) is 5.41 Å². The summed E-state index contributed by atoms with van der Waals surface area (Å²) in [6.07, 6.45) is 0. The van der Waals surface area contributed by atoms with Gasteiger partial charge >= 0.3 is 0 Å². The van der Waals surface area contributed by atoms with Crippen molar-refractivity contribution in [2.24, 2.45) is 5.73 Å². The molecule has 3 aromatic carbocycles. The number of nitrogens with one attached hydrogen (secondary N) is 1. The average Bonchev–Trinajstić information content (AvgIpc) is 2.62. The molecule has 0 aliphatic carbocycles. The van der Waals surface area contributed by atoms with E-state index in [2.05, 4.69) is 24.3 Å². The molecule has 0 aliphatic heterocycles. The Bertz CT molecular complexity index is 764. The molecule has 22 heavy (non-hydrogen) atoms. The van der Waals surface area contributed by atoms with E-state index in [9.17, 15) is 0 Å². The van der Waals surface area contributed by atoms with E-state index in [1.807, 2.05) is 60.7 Å². The molecule has 0 saturated carbocycles. The fourth-order valence-corrected chi connectivity index (χ4v) is 2.51. The zero-order valence-corrected chi connectivity index (χ0v) is 12.2. The molecule has 0 saturated heterocycles. The zero-order valence-electron chi connectivity index (χ0n) is 12.2. The Kier molecular flexibility index (Phi) is 4.12. The van der Waals surface area contributed by atoms with E-state index in [0.29, 0.717) is 5.71 Å². The zero-order chi connectivity index (χ0) is 15.4. The van der Waals surface area contributed by atoms with Gasteiger partial charge in [-0.1, -0.05) is 78.9 Å². The summed E-state index contributed by atoms with van der Waals surface area (Å²) < 4.78 is 0. The van der Waals surface area contributed by atoms with E-state index in [0.717, 1.165) is 22.3 Å². The molecular formula is C20H18N2. The minimum atomic E-state index is -0.425. The molecule has 1 atom stereocenters. The summed E-state index contributed by atoms with van der Waals surface area (Å²) in [7, 11) is 0. The highest BCUT2D eigenvalue weighted by molar-refractivity contribution is 6.02. The SMILES string of the molecule is N=C(c1ccccc1)C(N)c1cccc(-c2ccccc2)c1. The maximum atomic E-state index is 8.32. The number of hydrogen-bond acceptors (Lipinski definition) is 2. The van der Waals surface area contributed by atoms with Crippen LogP contribution in [0.25, 0.3) is 11.1 Å². The highest BCUT2D eigenvalue weighted by Gasteiger charge is 2.14. The van der Waals surface area contributed by atoms with Crippen molar-refractivity contribution in [3.05, 3.63) is 96.1 Å². The van der Waals surface area contributed by atoms with Crippen LogP contribution in [0.15, 0.2) is 84.9 Å². The van der Waals surface area contributed by atoms with Crippen LogP contribution in [0.2, 0.25) is 0 Å². The molecule has 0 amide bonds. The Hall–Kier alpha value is -2.71. The standard InChI is InChI=1S/C20H18N2/c21-19(16-10-5-2-6-11-16)20(22)18-13-7-12-17(14-18)15-8-3-1-4-9-15/h1-14,20-21H,22H2. The number of rotatable bonds is 4. The van der Waals surface area contributed by atoms with Gasteiger partial charge in [-0.2, -0.15) is 0 Å². The number of nitrogens with two attached hydrogens (primary N) is 1.